The molecule has 5 heterocycles. The van der Waals surface area contributed by atoms with Crippen molar-refractivity contribution in [1.82, 2.24) is 19.4 Å². The predicted molar refractivity (Wildman–Crippen MR) is 145 cm³/mol. The van der Waals surface area contributed by atoms with E-state index in [0.717, 1.165) is 71.7 Å². The molecule has 188 valence electrons. The Balaban J connectivity index is 1.21. The van der Waals surface area contributed by atoms with Crippen LogP contribution in [-0.4, -0.2) is 50.3 Å². The number of carbonyl (C=O) groups excluding carboxylic acids is 1. The van der Waals surface area contributed by atoms with Crippen LogP contribution in [-0.2, 0) is 6.42 Å². The number of fused-ring (bicyclic) bond motifs is 2. The molecule has 1 atom stereocenters. The Morgan fingerprint density at radius 1 is 1.05 bits per heavy atom. The summed E-state index contributed by atoms with van der Waals surface area (Å²) in [4.78, 5) is 32.5. The second kappa shape index (κ2) is 8.68. The maximum atomic E-state index is 13.8. The van der Waals surface area contributed by atoms with Gasteiger partial charge in [-0.3, -0.25) is 14.7 Å². The summed E-state index contributed by atoms with van der Waals surface area (Å²) in [6.07, 6.45) is 12.6. The number of anilines is 1. The predicted octanol–water partition coefficient (Wildman–Crippen LogP) is 5.28. The summed E-state index contributed by atoms with van der Waals surface area (Å²) in [5.41, 5.74) is 7.24. The lowest BCUT2D eigenvalue weighted by Crippen LogP contribution is -2.38. The van der Waals surface area contributed by atoms with E-state index in [-0.39, 0.29) is 11.9 Å². The number of benzene rings is 1. The van der Waals surface area contributed by atoms with E-state index in [1.807, 2.05) is 29.4 Å². The van der Waals surface area contributed by atoms with Gasteiger partial charge in [0.15, 0.2) is 0 Å². The Kier molecular flexibility index (Phi) is 5.27. The molecule has 1 aliphatic carbocycles. The highest BCUT2D eigenvalue weighted by molar-refractivity contribution is 6.08. The number of amidine groups is 1. The van der Waals surface area contributed by atoms with Crippen molar-refractivity contribution < 1.29 is 4.79 Å². The van der Waals surface area contributed by atoms with Gasteiger partial charge in [-0.05, 0) is 75.3 Å². The van der Waals surface area contributed by atoms with Gasteiger partial charge in [-0.25, -0.2) is 9.97 Å². The minimum absolute atomic E-state index is 0.0153. The van der Waals surface area contributed by atoms with Crippen LogP contribution in [0.2, 0.25) is 0 Å². The number of aliphatic imine (C=N–C) groups is 1. The molecular weight excluding hydrogens is 460 g/mol. The van der Waals surface area contributed by atoms with Crippen molar-refractivity contribution in [1.29, 1.82) is 0 Å². The fraction of sp³-hybridized carbons (Fsp3) is 0.400. The first kappa shape index (κ1) is 22.5. The Morgan fingerprint density at radius 3 is 2.81 bits per heavy atom. The van der Waals surface area contributed by atoms with E-state index in [0.29, 0.717) is 18.3 Å². The van der Waals surface area contributed by atoms with Crippen molar-refractivity contribution in [3.63, 3.8) is 0 Å². The van der Waals surface area contributed by atoms with Crippen LogP contribution in [0, 0.1) is 6.92 Å². The lowest BCUT2D eigenvalue weighted by atomic mass is 9.95. The van der Waals surface area contributed by atoms with Crippen molar-refractivity contribution in [3.05, 3.63) is 77.0 Å². The van der Waals surface area contributed by atoms with Crippen molar-refractivity contribution in [2.45, 2.75) is 64.3 Å². The van der Waals surface area contributed by atoms with Crippen molar-refractivity contribution in [2.75, 3.05) is 18.0 Å². The highest BCUT2D eigenvalue weighted by Gasteiger charge is 2.30. The molecular formula is C30H32N6O. The smallest absolute Gasteiger partial charge is 0.259 e. The van der Waals surface area contributed by atoms with E-state index in [1.165, 1.54) is 18.7 Å². The minimum atomic E-state index is 0.0153. The summed E-state index contributed by atoms with van der Waals surface area (Å²) in [5.74, 6) is 2.49. The van der Waals surface area contributed by atoms with Crippen molar-refractivity contribution in [3.8, 4) is 5.69 Å². The molecule has 1 unspecified atom stereocenters. The van der Waals surface area contributed by atoms with Gasteiger partial charge in [-0.1, -0.05) is 18.2 Å². The molecule has 2 fully saturated rings. The number of aromatic nitrogens is 3. The normalized spacial score (nSPS) is 21.4. The van der Waals surface area contributed by atoms with Gasteiger partial charge in [0.1, 0.15) is 11.7 Å². The molecule has 1 amide bonds. The largest absolute Gasteiger partial charge is 0.329 e. The molecule has 1 aromatic carbocycles. The number of pyridine rings is 1. The molecule has 4 aliphatic rings. The van der Waals surface area contributed by atoms with Gasteiger partial charge in [-0.2, -0.15) is 0 Å². The molecule has 37 heavy (non-hydrogen) atoms. The summed E-state index contributed by atoms with van der Waals surface area (Å²) in [6.45, 7) is 5.89. The molecule has 2 aromatic heterocycles. The Hall–Kier alpha value is -3.74. The standard InChI is InChI=1S/C30H32N6O/c1-19-15-22-12-14-36(30(37)23(22)16-27(19)34-17-25(31-18-34)21-9-10-21)29-6-3-5-24(33-29)26-11-8-20(2)32-28-7-4-13-35(26)28/h3,5-6,11,15-18,20-21H,4,7-10,12-14H2,1-2H3. The number of hydrogen-bond donors (Lipinski definition) is 0. The molecule has 1 saturated heterocycles. The van der Waals surface area contributed by atoms with Gasteiger partial charge in [0, 0.05) is 37.2 Å². The summed E-state index contributed by atoms with van der Waals surface area (Å²) in [5, 5.41) is 0. The zero-order valence-corrected chi connectivity index (χ0v) is 21.5. The van der Waals surface area contributed by atoms with Crippen LogP contribution in [0.25, 0.3) is 11.4 Å². The first-order valence-corrected chi connectivity index (χ1v) is 13.6. The molecule has 1 saturated carbocycles. The summed E-state index contributed by atoms with van der Waals surface area (Å²) < 4.78 is 2.07. The van der Waals surface area contributed by atoms with Gasteiger partial charge in [0.05, 0.1) is 35.1 Å². The molecule has 0 radical (unpaired) electrons. The van der Waals surface area contributed by atoms with Crippen molar-refractivity contribution >= 4 is 23.3 Å². The van der Waals surface area contributed by atoms with Gasteiger partial charge in [-0.15, -0.1) is 0 Å². The summed E-state index contributed by atoms with van der Waals surface area (Å²) in [7, 11) is 0. The van der Waals surface area contributed by atoms with E-state index in [4.69, 9.17) is 9.98 Å². The van der Waals surface area contributed by atoms with Gasteiger partial charge in [0.25, 0.3) is 5.91 Å². The molecule has 3 aromatic rings. The monoisotopic (exact) mass is 492 g/mol. The number of hydrogen-bond acceptors (Lipinski definition) is 5. The number of aryl methyl sites for hydroxylation is 1. The average molecular weight is 493 g/mol. The van der Waals surface area contributed by atoms with Crippen LogP contribution in [0.5, 0.6) is 0 Å². The lowest BCUT2D eigenvalue weighted by Gasteiger charge is -2.29. The first-order chi connectivity index (χ1) is 18.0. The third-order valence-electron chi connectivity index (χ3n) is 8.06. The number of carbonyl (C=O) groups is 1. The Labute approximate surface area is 217 Å². The SMILES string of the molecule is Cc1cc2c(cc1-n1cnc(C3CC3)c1)C(=O)N(c1cccc(C3=CCC(C)N=C4CCCN34)n1)CC2. The number of rotatable bonds is 4. The second-order valence-corrected chi connectivity index (χ2v) is 10.8. The minimum Gasteiger partial charge on any atom is -0.329 e. The van der Waals surface area contributed by atoms with Gasteiger partial charge < -0.3 is 9.47 Å². The zero-order valence-electron chi connectivity index (χ0n) is 21.5. The van der Waals surface area contributed by atoms with Crippen LogP contribution in [0.3, 0.4) is 0 Å². The first-order valence-electron chi connectivity index (χ1n) is 13.6. The second-order valence-electron chi connectivity index (χ2n) is 10.8. The Morgan fingerprint density at radius 2 is 1.95 bits per heavy atom. The van der Waals surface area contributed by atoms with E-state index in [2.05, 4.69) is 52.7 Å². The average Bonchev–Trinajstić information content (AvgIpc) is 3.51. The topological polar surface area (TPSA) is 66.6 Å². The maximum Gasteiger partial charge on any atom is 0.259 e. The van der Waals surface area contributed by atoms with E-state index >= 15 is 0 Å². The fourth-order valence-corrected chi connectivity index (χ4v) is 5.91. The number of imidazole rings is 1. The van der Waals surface area contributed by atoms with Crippen LogP contribution in [0.15, 0.2) is 53.9 Å². The van der Waals surface area contributed by atoms with Gasteiger partial charge in [0.2, 0.25) is 0 Å². The Bertz CT molecular complexity index is 1460. The third-order valence-corrected chi connectivity index (χ3v) is 8.06. The highest BCUT2D eigenvalue weighted by Crippen LogP contribution is 2.39. The summed E-state index contributed by atoms with van der Waals surface area (Å²) >= 11 is 0. The molecule has 7 heteroatoms. The van der Waals surface area contributed by atoms with Crippen LogP contribution in [0.1, 0.15) is 77.8 Å². The van der Waals surface area contributed by atoms with Crippen LogP contribution < -0.4 is 4.90 Å². The molecule has 0 bridgehead atoms. The lowest BCUT2D eigenvalue weighted by molar-refractivity contribution is 0.0980. The van der Waals surface area contributed by atoms with Crippen LogP contribution in [0.4, 0.5) is 5.82 Å². The van der Waals surface area contributed by atoms with Crippen LogP contribution >= 0.6 is 0 Å². The molecule has 0 spiro atoms. The van der Waals surface area contributed by atoms with E-state index in [9.17, 15) is 4.79 Å². The molecule has 3 aliphatic heterocycles. The highest BCUT2D eigenvalue weighted by atomic mass is 16.2. The van der Waals surface area contributed by atoms with E-state index in [1.54, 1.807) is 0 Å². The summed E-state index contributed by atoms with van der Waals surface area (Å²) in [6, 6.07) is 10.5. The zero-order chi connectivity index (χ0) is 25.1. The number of amides is 1. The third kappa shape index (κ3) is 3.97. The van der Waals surface area contributed by atoms with Gasteiger partial charge >= 0.3 is 0 Å². The van der Waals surface area contributed by atoms with Crippen molar-refractivity contribution in [2.24, 2.45) is 4.99 Å². The molecule has 7 nitrogen and oxygen atoms in total. The number of nitrogens with zero attached hydrogens (tertiary/aromatic N) is 6. The van der Waals surface area contributed by atoms with E-state index < -0.39 is 0 Å². The molecule has 0 N–H and O–H groups in total. The fourth-order valence-electron chi connectivity index (χ4n) is 5.91. The maximum absolute atomic E-state index is 13.8. The molecule has 7 rings (SSSR count). The quantitative estimate of drug-likeness (QED) is 0.497.